The Morgan fingerprint density at radius 2 is 1.84 bits per heavy atom. The number of anilines is 2. The quantitative estimate of drug-likeness (QED) is 0.515. The minimum Gasteiger partial charge on any atom is -0.363 e. The summed E-state index contributed by atoms with van der Waals surface area (Å²) in [6.45, 7) is 3.39. The van der Waals surface area contributed by atoms with Crippen molar-refractivity contribution in [3.05, 3.63) is 64.2 Å². The van der Waals surface area contributed by atoms with Crippen LogP contribution >= 0.6 is 0 Å². The van der Waals surface area contributed by atoms with Crippen LogP contribution < -0.4 is 10.3 Å². The summed E-state index contributed by atoms with van der Waals surface area (Å²) in [7, 11) is 2.06. The molecule has 0 spiro atoms. The van der Waals surface area contributed by atoms with E-state index in [9.17, 15) is 10.1 Å². The van der Waals surface area contributed by atoms with E-state index in [1.54, 1.807) is 12.3 Å². The van der Waals surface area contributed by atoms with Crippen LogP contribution in [0.3, 0.4) is 0 Å². The Kier molecular flexibility index (Phi) is 5.25. The first-order valence-electron chi connectivity index (χ1n) is 8.19. The van der Waals surface area contributed by atoms with Crippen LogP contribution in [0.5, 0.6) is 0 Å². The van der Waals surface area contributed by atoms with Gasteiger partial charge in [-0.1, -0.05) is 24.3 Å². The van der Waals surface area contributed by atoms with Crippen molar-refractivity contribution in [3.63, 3.8) is 0 Å². The lowest BCUT2D eigenvalue weighted by Crippen LogP contribution is -2.44. The topological polar surface area (TPSA) is 74.0 Å². The molecular weight excluding hydrogens is 318 g/mol. The number of likely N-dealkylation sites (N-methyl/N-ethyl adjacent to an activating group) is 1. The van der Waals surface area contributed by atoms with Gasteiger partial charge in [0.05, 0.1) is 16.8 Å². The summed E-state index contributed by atoms with van der Waals surface area (Å²) >= 11 is 0. The summed E-state index contributed by atoms with van der Waals surface area (Å²) in [5, 5.41) is 15.6. The number of nitrogens with one attached hydrogen (secondary N) is 1. The summed E-state index contributed by atoms with van der Waals surface area (Å²) in [6.07, 6.45) is 1.59. The molecule has 0 radical (unpaired) electrons. The Morgan fingerprint density at radius 3 is 2.52 bits per heavy atom. The second kappa shape index (κ2) is 7.76. The molecule has 2 aromatic rings. The van der Waals surface area contributed by atoms with Gasteiger partial charge in [-0.05, 0) is 25.2 Å². The third kappa shape index (κ3) is 4.33. The van der Waals surface area contributed by atoms with Gasteiger partial charge < -0.3 is 9.80 Å². The molecule has 0 bridgehead atoms. The molecule has 7 heteroatoms. The van der Waals surface area contributed by atoms with Crippen molar-refractivity contribution in [3.8, 4) is 0 Å². The Morgan fingerprint density at radius 1 is 1.12 bits per heavy atom. The number of rotatable bonds is 5. The molecule has 7 nitrogen and oxygen atoms in total. The van der Waals surface area contributed by atoms with E-state index in [0.717, 1.165) is 31.9 Å². The fourth-order valence-corrected chi connectivity index (χ4v) is 2.78. The van der Waals surface area contributed by atoms with E-state index in [1.807, 2.05) is 42.5 Å². The van der Waals surface area contributed by atoms with Crippen molar-refractivity contribution < 1.29 is 4.92 Å². The van der Waals surface area contributed by atoms with E-state index in [0.29, 0.717) is 11.3 Å². The third-order valence-corrected chi connectivity index (χ3v) is 4.22. The SMILES string of the molecule is CN1CCN(c2ccc(/C=N/Nc3ccccc3)cc2[N+](=O)[O-])CC1. The van der Waals surface area contributed by atoms with Crippen LogP contribution in [0.2, 0.25) is 0 Å². The van der Waals surface area contributed by atoms with Gasteiger partial charge in [0.15, 0.2) is 0 Å². The number of nitrogens with zero attached hydrogens (tertiary/aromatic N) is 4. The molecule has 3 rings (SSSR count). The van der Waals surface area contributed by atoms with Crippen LogP contribution in [0.4, 0.5) is 17.1 Å². The van der Waals surface area contributed by atoms with E-state index in [4.69, 9.17) is 0 Å². The first-order chi connectivity index (χ1) is 12.1. The maximum absolute atomic E-state index is 11.5. The maximum atomic E-state index is 11.5. The largest absolute Gasteiger partial charge is 0.363 e. The first-order valence-corrected chi connectivity index (χ1v) is 8.19. The summed E-state index contributed by atoms with van der Waals surface area (Å²) in [6, 6.07) is 14.8. The fraction of sp³-hybridized carbons (Fsp3) is 0.278. The van der Waals surface area contributed by atoms with Crippen LogP contribution in [0, 0.1) is 10.1 Å². The van der Waals surface area contributed by atoms with E-state index in [-0.39, 0.29) is 10.6 Å². The van der Waals surface area contributed by atoms with Crippen LogP contribution in [0.25, 0.3) is 0 Å². The fourth-order valence-electron chi connectivity index (χ4n) is 2.78. The lowest BCUT2D eigenvalue weighted by Gasteiger charge is -2.33. The van der Waals surface area contributed by atoms with Crippen LogP contribution in [0.1, 0.15) is 5.56 Å². The van der Waals surface area contributed by atoms with Crippen molar-refractivity contribution in [2.45, 2.75) is 0 Å². The Bertz CT molecular complexity index is 755. The number of hydrazone groups is 1. The Balaban J connectivity index is 1.76. The van der Waals surface area contributed by atoms with Gasteiger partial charge in [0.2, 0.25) is 0 Å². The van der Waals surface area contributed by atoms with Crippen LogP contribution in [-0.2, 0) is 0 Å². The minimum absolute atomic E-state index is 0.119. The molecule has 0 saturated carbocycles. The second-order valence-corrected chi connectivity index (χ2v) is 6.03. The van der Waals surface area contributed by atoms with Gasteiger partial charge in [0.25, 0.3) is 5.69 Å². The molecule has 0 aromatic heterocycles. The Hall–Kier alpha value is -2.93. The summed E-state index contributed by atoms with van der Waals surface area (Å²) in [5.74, 6) is 0. The van der Waals surface area contributed by atoms with E-state index >= 15 is 0 Å². The summed E-state index contributed by atoms with van der Waals surface area (Å²) < 4.78 is 0. The van der Waals surface area contributed by atoms with E-state index in [1.165, 1.54) is 0 Å². The number of piperazine rings is 1. The molecule has 1 N–H and O–H groups in total. The smallest absolute Gasteiger partial charge is 0.293 e. The van der Waals surface area contributed by atoms with Gasteiger partial charge in [-0.2, -0.15) is 5.10 Å². The molecule has 0 atom stereocenters. The molecule has 1 aliphatic rings. The molecule has 2 aromatic carbocycles. The minimum atomic E-state index is -0.324. The number of nitro benzene ring substituents is 1. The molecule has 0 amide bonds. The average Bonchev–Trinajstić information content (AvgIpc) is 2.63. The predicted octanol–water partition coefficient (Wildman–Crippen LogP) is 2.79. The standard InChI is InChI=1S/C18H21N5O2/c1-21-9-11-22(12-10-21)17-8-7-15(13-18(17)23(24)25)14-19-20-16-5-3-2-4-6-16/h2-8,13-14,20H,9-12H2,1H3/b19-14+. The number of benzene rings is 2. The molecule has 1 saturated heterocycles. The molecule has 0 aliphatic carbocycles. The highest BCUT2D eigenvalue weighted by molar-refractivity contribution is 5.83. The molecule has 25 heavy (non-hydrogen) atoms. The van der Waals surface area contributed by atoms with Gasteiger partial charge in [0.1, 0.15) is 5.69 Å². The molecule has 1 fully saturated rings. The number of hydrogen-bond acceptors (Lipinski definition) is 6. The maximum Gasteiger partial charge on any atom is 0.293 e. The van der Waals surface area contributed by atoms with Gasteiger partial charge >= 0.3 is 0 Å². The third-order valence-electron chi connectivity index (χ3n) is 4.22. The zero-order valence-electron chi connectivity index (χ0n) is 14.1. The lowest BCUT2D eigenvalue weighted by atomic mass is 10.1. The first kappa shape index (κ1) is 16.9. The highest BCUT2D eigenvalue weighted by Crippen LogP contribution is 2.29. The zero-order chi connectivity index (χ0) is 17.6. The lowest BCUT2D eigenvalue weighted by molar-refractivity contribution is -0.384. The van der Waals surface area contributed by atoms with Gasteiger partial charge in [-0.3, -0.25) is 15.5 Å². The van der Waals surface area contributed by atoms with Crippen molar-refractivity contribution in [2.75, 3.05) is 43.6 Å². The monoisotopic (exact) mass is 339 g/mol. The molecule has 0 unspecified atom stereocenters. The number of para-hydroxylation sites is 1. The highest BCUT2D eigenvalue weighted by Gasteiger charge is 2.22. The van der Waals surface area contributed by atoms with E-state index < -0.39 is 0 Å². The van der Waals surface area contributed by atoms with Crippen LogP contribution in [-0.4, -0.2) is 49.3 Å². The highest BCUT2D eigenvalue weighted by atomic mass is 16.6. The summed E-state index contributed by atoms with van der Waals surface area (Å²) in [4.78, 5) is 15.5. The van der Waals surface area contributed by atoms with Gasteiger partial charge in [-0.15, -0.1) is 0 Å². The van der Waals surface area contributed by atoms with Crippen molar-refractivity contribution in [1.82, 2.24) is 4.90 Å². The normalized spacial score (nSPS) is 15.5. The molecule has 1 aliphatic heterocycles. The van der Waals surface area contributed by atoms with Crippen molar-refractivity contribution in [2.24, 2.45) is 5.10 Å². The van der Waals surface area contributed by atoms with Gasteiger partial charge in [0, 0.05) is 37.8 Å². The van der Waals surface area contributed by atoms with Crippen LogP contribution in [0.15, 0.2) is 53.6 Å². The summed E-state index contributed by atoms with van der Waals surface area (Å²) in [5.41, 5.74) is 5.25. The molecular formula is C18H21N5O2. The van der Waals surface area contributed by atoms with E-state index in [2.05, 4.69) is 27.4 Å². The second-order valence-electron chi connectivity index (χ2n) is 6.03. The molecule has 1 heterocycles. The van der Waals surface area contributed by atoms with Crippen molar-refractivity contribution >= 4 is 23.3 Å². The number of hydrogen-bond donors (Lipinski definition) is 1. The molecule has 130 valence electrons. The zero-order valence-corrected chi connectivity index (χ0v) is 14.1. The Labute approximate surface area is 146 Å². The predicted molar refractivity (Wildman–Crippen MR) is 100 cm³/mol. The average molecular weight is 339 g/mol. The number of nitro groups is 1. The van der Waals surface area contributed by atoms with Gasteiger partial charge in [-0.25, -0.2) is 0 Å². The van der Waals surface area contributed by atoms with Crippen molar-refractivity contribution in [1.29, 1.82) is 0 Å².